The maximum Gasteiger partial charge on any atom is 0.272 e. The van der Waals surface area contributed by atoms with E-state index in [-0.39, 0.29) is 11.6 Å². The molecule has 0 amide bonds. The van der Waals surface area contributed by atoms with Crippen LogP contribution in [0.15, 0.2) is 23.3 Å². The quantitative estimate of drug-likeness (QED) is 0.669. The van der Waals surface area contributed by atoms with E-state index in [1.807, 2.05) is 16.8 Å². The van der Waals surface area contributed by atoms with Gasteiger partial charge in [-0.05, 0) is 32.3 Å². The molecule has 3 aromatic heterocycles. The minimum atomic E-state index is 0.000625. The summed E-state index contributed by atoms with van der Waals surface area (Å²) in [7, 11) is 0. The normalized spacial score (nSPS) is 21.1. The Balaban J connectivity index is 1.86. The van der Waals surface area contributed by atoms with E-state index >= 15 is 0 Å². The predicted octanol–water partition coefficient (Wildman–Crippen LogP) is 1.22. The van der Waals surface area contributed by atoms with Crippen molar-refractivity contribution in [3.8, 4) is 0 Å². The van der Waals surface area contributed by atoms with Gasteiger partial charge in [0.25, 0.3) is 5.56 Å². The Bertz CT molecular complexity index is 943. The lowest BCUT2D eigenvalue weighted by atomic mass is 10.2. The Labute approximate surface area is 139 Å². The van der Waals surface area contributed by atoms with Gasteiger partial charge in [0.05, 0.1) is 11.7 Å². The number of fused-ring (bicyclic) bond motifs is 3. The van der Waals surface area contributed by atoms with Crippen molar-refractivity contribution in [2.24, 2.45) is 5.73 Å². The van der Waals surface area contributed by atoms with Crippen LogP contribution < -0.4 is 16.6 Å². The molecule has 0 radical (unpaired) electrons. The Kier molecular flexibility index (Phi) is 3.82. The Morgan fingerprint density at radius 2 is 2.33 bits per heavy atom. The Morgan fingerprint density at radius 3 is 3.17 bits per heavy atom. The van der Waals surface area contributed by atoms with Gasteiger partial charge in [0.2, 0.25) is 0 Å². The summed E-state index contributed by atoms with van der Waals surface area (Å²) in [6, 6.07) is 2.56. The summed E-state index contributed by atoms with van der Waals surface area (Å²) in [6.07, 6.45) is 6.57. The first-order valence-corrected chi connectivity index (χ1v) is 8.47. The summed E-state index contributed by atoms with van der Waals surface area (Å²) < 4.78 is 1.94. The average molecular weight is 326 g/mol. The van der Waals surface area contributed by atoms with Gasteiger partial charge in [0.15, 0.2) is 0 Å². The summed E-state index contributed by atoms with van der Waals surface area (Å²) >= 11 is 0. The van der Waals surface area contributed by atoms with E-state index in [1.54, 1.807) is 13.1 Å². The van der Waals surface area contributed by atoms with Gasteiger partial charge in [0, 0.05) is 36.8 Å². The van der Waals surface area contributed by atoms with Crippen LogP contribution in [0.1, 0.15) is 31.0 Å². The molecule has 3 aromatic rings. The summed E-state index contributed by atoms with van der Waals surface area (Å²) in [6.45, 7) is 3.22. The molecule has 24 heavy (non-hydrogen) atoms. The van der Waals surface area contributed by atoms with Crippen LogP contribution in [-0.4, -0.2) is 38.7 Å². The molecule has 2 atom stereocenters. The van der Waals surface area contributed by atoms with Crippen molar-refractivity contribution >= 4 is 22.1 Å². The monoisotopic (exact) mass is 326 g/mol. The molecule has 0 bridgehead atoms. The van der Waals surface area contributed by atoms with Crippen LogP contribution in [0.5, 0.6) is 0 Å². The second-order valence-electron chi connectivity index (χ2n) is 6.51. The molecule has 1 aliphatic carbocycles. The number of aromatic amines is 1. The lowest BCUT2D eigenvalue weighted by molar-refractivity contribution is 0.476. The van der Waals surface area contributed by atoms with Crippen molar-refractivity contribution < 1.29 is 0 Å². The molecule has 0 aromatic carbocycles. The highest BCUT2D eigenvalue weighted by Gasteiger charge is 2.28. The van der Waals surface area contributed by atoms with Crippen LogP contribution >= 0.6 is 0 Å². The molecule has 4 N–H and O–H groups in total. The van der Waals surface area contributed by atoms with Crippen LogP contribution in [0, 0.1) is 6.92 Å². The van der Waals surface area contributed by atoms with Crippen LogP contribution in [-0.2, 0) is 0 Å². The predicted molar refractivity (Wildman–Crippen MR) is 94.1 cm³/mol. The summed E-state index contributed by atoms with van der Waals surface area (Å²) in [4.78, 5) is 24.9. The minimum absolute atomic E-state index is 0.000625. The van der Waals surface area contributed by atoms with Gasteiger partial charge in [0.1, 0.15) is 16.9 Å². The number of aryl methyl sites for hydroxylation is 1. The third-order valence-corrected chi connectivity index (χ3v) is 4.94. The summed E-state index contributed by atoms with van der Waals surface area (Å²) in [5, 5.41) is 4.42. The van der Waals surface area contributed by atoms with Crippen molar-refractivity contribution in [1.29, 1.82) is 0 Å². The van der Waals surface area contributed by atoms with Crippen LogP contribution in [0.4, 0.5) is 0 Å². The molecule has 126 valence electrons. The maximum absolute atomic E-state index is 12.9. The third-order valence-electron chi connectivity index (χ3n) is 4.94. The second-order valence-corrected chi connectivity index (χ2v) is 6.51. The van der Waals surface area contributed by atoms with Gasteiger partial charge in [-0.1, -0.05) is 0 Å². The SMILES string of the molecule is Cc1nc2cnc3[nH]ccc3c2n(C2CCC(NCCN)C2)c1=O. The van der Waals surface area contributed by atoms with Crippen LogP contribution in [0.25, 0.3) is 22.1 Å². The van der Waals surface area contributed by atoms with Gasteiger partial charge in [-0.2, -0.15) is 0 Å². The number of hydrogen-bond donors (Lipinski definition) is 3. The molecule has 0 saturated heterocycles. The maximum atomic E-state index is 12.9. The van der Waals surface area contributed by atoms with Gasteiger partial charge < -0.3 is 20.6 Å². The first-order chi connectivity index (χ1) is 11.7. The molecule has 1 aliphatic rings. The Hall–Kier alpha value is -2.25. The van der Waals surface area contributed by atoms with Crippen molar-refractivity contribution in [3.63, 3.8) is 0 Å². The first-order valence-electron chi connectivity index (χ1n) is 8.47. The van der Waals surface area contributed by atoms with Gasteiger partial charge in [-0.3, -0.25) is 4.79 Å². The minimum Gasteiger partial charge on any atom is -0.346 e. The lowest BCUT2D eigenvalue weighted by Crippen LogP contribution is -2.32. The van der Waals surface area contributed by atoms with Crippen molar-refractivity contribution in [2.45, 2.75) is 38.3 Å². The van der Waals surface area contributed by atoms with Gasteiger partial charge in [-0.15, -0.1) is 0 Å². The Morgan fingerprint density at radius 1 is 1.46 bits per heavy atom. The summed E-state index contributed by atoms with van der Waals surface area (Å²) in [5.74, 6) is 0. The molecule has 7 nitrogen and oxygen atoms in total. The highest BCUT2D eigenvalue weighted by atomic mass is 16.1. The molecule has 1 saturated carbocycles. The van der Waals surface area contributed by atoms with Crippen LogP contribution in [0.3, 0.4) is 0 Å². The number of rotatable bonds is 4. The number of aromatic nitrogens is 4. The molecule has 0 aliphatic heterocycles. The molecule has 0 spiro atoms. The van der Waals surface area contributed by atoms with E-state index in [1.165, 1.54) is 0 Å². The fraction of sp³-hybridized carbons (Fsp3) is 0.471. The largest absolute Gasteiger partial charge is 0.346 e. The molecule has 2 unspecified atom stereocenters. The number of nitrogens with two attached hydrogens (primary N) is 1. The van der Waals surface area contributed by atoms with E-state index in [0.717, 1.165) is 47.9 Å². The number of hydrogen-bond acceptors (Lipinski definition) is 5. The van der Waals surface area contributed by atoms with E-state index in [4.69, 9.17) is 5.73 Å². The molecular formula is C17H22N6O. The van der Waals surface area contributed by atoms with Crippen molar-refractivity contribution in [2.75, 3.05) is 13.1 Å². The van der Waals surface area contributed by atoms with Crippen molar-refractivity contribution in [1.82, 2.24) is 24.8 Å². The second kappa shape index (κ2) is 5.99. The lowest BCUT2D eigenvalue weighted by Gasteiger charge is -2.19. The number of H-pyrrole nitrogens is 1. The molecule has 1 fully saturated rings. The molecule has 3 heterocycles. The highest BCUT2D eigenvalue weighted by molar-refractivity contribution is 6.00. The zero-order valence-electron chi connectivity index (χ0n) is 13.7. The topological polar surface area (TPSA) is 102 Å². The van der Waals surface area contributed by atoms with Crippen molar-refractivity contribution in [3.05, 3.63) is 34.5 Å². The van der Waals surface area contributed by atoms with E-state index in [0.29, 0.717) is 18.3 Å². The smallest absolute Gasteiger partial charge is 0.272 e. The van der Waals surface area contributed by atoms with Gasteiger partial charge in [-0.25, -0.2) is 9.97 Å². The van der Waals surface area contributed by atoms with Crippen LogP contribution in [0.2, 0.25) is 0 Å². The zero-order valence-corrected chi connectivity index (χ0v) is 13.7. The third kappa shape index (κ3) is 2.40. The fourth-order valence-corrected chi connectivity index (χ4v) is 3.84. The van der Waals surface area contributed by atoms with E-state index in [2.05, 4.69) is 20.3 Å². The standard InChI is InChI=1S/C17H22N6O/c1-10-17(24)23(12-3-2-11(8-12)19-7-5-18)15-13-4-6-20-16(13)21-9-14(15)22-10/h4,6,9,11-12,19H,2-3,5,7-8,18H2,1H3,(H,20,21). The van der Waals surface area contributed by atoms with Gasteiger partial charge >= 0.3 is 0 Å². The fourth-order valence-electron chi connectivity index (χ4n) is 3.84. The highest BCUT2D eigenvalue weighted by Crippen LogP contribution is 2.32. The summed E-state index contributed by atoms with van der Waals surface area (Å²) in [5.41, 5.74) is 8.57. The number of nitrogens with zero attached hydrogens (tertiary/aromatic N) is 3. The number of nitrogens with one attached hydrogen (secondary N) is 2. The van der Waals surface area contributed by atoms with E-state index < -0.39 is 0 Å². The number of pyridine rings is 1. The zero-order chi connectivity index (χ0) is 16.7. The molecule has 4 rings (SSSR count). The molecular weight excluding hydrogens is 304 g/mol. The molecule has 7 heteroatoms. The average Bonchev–Trinajstić information content (AvgIpc) is 3.23. The van der Waals surface area contributed by atoms with E-state index in [9.17, 15) is 4.79 Å². The first kappa shape index (κ1) is 15.3.